The van der Waals surface area contributed by atoms with Gasteiger partial charge in [0.2, 0.25) is 0 Å². The van der Waals surface area contributed by atoms with E-state index in [1.54, 1.807) is 0 Å². The summed E-state index contributed by atoms with van der Waals surface area (Å²) in [4.78, 5) is 33.5. The van der Waals surface area contributed by atoms with Gasteiger partial charge in [-0.3, -0.25) is 14.9 Å². The van der Waals surface area contributed by atoms with Gasteiger partial charge in [-0.1, -0.05) is 46.1 Å². The lowest BCUT2D eigenvalue weighted by atomic mass is 10.3. The molecule has 0 aliphatic rings. The summed E-state index contributed by atoms with van der Waals surface area (Å²) in [6.45, 7) is -0.611. The Hall–Kier alpha value is -1.87. The summed E-state index contributed by atoms with van der Waals surface area (Å²) in [5.74, 6) is -1.53. The van der Waals surface area contributed by atoms with Crippen molar-refractivity contribution >= 4 is 68.7 Å². The Kier molecular flexibility index (Phi) is 6.00. The molecule has 2 aromatic rings. The molecule has 1 N–H and O–H groups in total. The van der Waals surface area contributed by atoms with Gasteiger partial charge in [0.15, 0.2) is 6.61 Å². The van der Waals surface area contributed by atoms with Crippen LogP contribution in [-0.4, -0.2) is 23.4 Å². The lowest BCUT2D eigenvalue weighted by Crippen LogP contribution is -2.21. The molecule has 2 rings (SSSR count). The van der Waals surface area contributed by atoms with E-state index in [4.69, 9.17) is 39.5 Å². The van der Waals surface area contributed by atoms with Crippen LogP contribution >= 0.6 is 46.1 Å². The van der Waals surface area contributed by atoms with Crippen LogP contribution in [0.4, 0.5) is 10.7 Å². The third kappa shape index (κ3) is 4.57. The van der Waals surface area contributed by atoms with E-state index in [1.165, 1.54) is 24.3 Å². The van der Waals surface area contributed by atoms with Crippen LogP contribution in [0.5, 0.6) is 0 Å². The predicted molar refractivity (Wildman–Crippen MR) is 91.4 cm³/mol. The third-order valence-corrected chi connectivity index (χ3v) is 4.41. The largest absolute Gasteiger partial charge is 0.451 e. The molecule has 1 aromatic carbocycles. The highest BCUT2D eigenvalue weighted by Gasteiger charge is 2.18. The maximum absolute atomic E-state index is 11.8. The van der Waals surface area contributed by atoms with Crippen molar-refractivity contribution in [3.63, 3.8) is 0 Å². The highest BCUT2D eigenvalue weighted by Crippen LogP contribution is 2.33. The van der Waals surface area contributed by atoms with Gasteiger partial charge in [-0.2, -0.15) is 0 Å². The molecule has 0 aliphatic carbocycles. The maximum Gasteiger partial charge on any atom is 0.349 e. The average molecular weight is 410 g/mol. The van der Waals surface area contributed by atoms with Crippen LogP contribution in [0.1, 0.15) is 9.67 Å². The minimum Gasteiger partial charge on any atom is -0.451 e. The number of ether oxygens (including phenoxy) is 1. The standard InChI is InChI=1S/C13H7Cl3N2O5S/c14-6-3-7(15)12(8(16)4-6)17-10(19)5-23-13(20)9-1-2-11(24-9)18(21)22/h1-4H,5H2,(H,17,19). The number of carbonyl (C=O) groups is 2. The second-order valence-electron chi connectivity index (χ2n) is 4.26. The number of esters is 1. The van der Waals surface area contributed by atoms with Crippen LogP contribution < -0.4 is 5.32 Å². The molecule has 24 heavy (non-hydrogen) atoms. The van der Waals surface area contributed by atoms with Crippen LogP contribution in [0.3, 0.4) is 0 Å². The molecule has 0 unspecified atom stereocenters. The number of halogens is 3. The second-order valence-corrected chi connectivity index (χ2v) is 6.58. The molecule has 0 saturated carbocycles. The SMILES string of the molecule is O=C(COC(=O)c1ccc([N+](=O)[O-])s1)Nc1c(Cl)cc(Cl)cc1Cl. The van der Waals surface area contributed by atoms with E-state index in [9.17, 15) is 19.7 Å². The molecule has 0 bridgehead atoms. The first-order valence-electron chi connectivity index (χ1n) is 6.13. The zero-order valence-corrected chi connectivity index (χ0v) is 14.6. The van der Waals surface area contributed by atoms with Crippen LogP contribution in [0.2, 0.25) is 15.1 Å². The molecule has 1 aromatic heterocycles. The number of thiophene rings is 1. The number of rotatable bonds is 5. The fourth-order valence-corrected chi connectivity index (χ4v) is 3.20. The number of nitrogens with one attached hydrogen (secondary N) is 1. The second kappa shape index (κ2) is 7.80. The van der Waals surface area contributed by atoms with Crippen molar-refractivity contribution in [3.05, 3.63) is 54.3 Å². The summed E-state index contributed by atoms with van der Waals surface area (Å²) in [5.41, 5.74) is 0.135. The quantitative estimate of drug-likeness (QED) is 0.448. The first-order valence-corrected chi connectivity index (χ1v) is 8.08. The summed E-state index contributed by atoms with van der Waals surface area (Å²) in [5, 5.41) is 13.3. The average Bonchev–Trinajstić information content (AvgIpc) is 2.98. The lowest BCUT2D eigenvalue weighted by molar-refractivity contribution is -0.380. The minimum atomic E-state index is -0.850. The van der Waals surface area contributed by atoms with Crippen LogP contribution in [-0.2, 0) is 9.53 Å². The summed E-state index contributed by atoms with van der Waals surface area (Å²) in [6, 6.07) is 5.20. The summed E-state index contributed by atoms with van der Waals surface area (Å²) in [6.07, 6.45) is 0. The van der Waals surface area contributed by atoms with E-state index in [2.05, 4.69) is 5.32 Å². The molecular formula is C13H7Cl3N2O5S. The number of benzene rings is 1. The molecule has 0 saturated heterocycles. The minimum absolute atomic E-state index is 0.0112. The zero-order valence-electron chi connectivity index (χ0n) is 11.5. The molecule has 11 heteroatoms. The van der Waals surface area contributed by atoms with Gasteiger partial charge < -0.3 is 10.1 Å². The Bertz CT molecular complexity index is 801. The van der Waals surface area contributed by atoms with Gasteiger partial charge in [0.05, 0.1) is 20.7 Å². The number of nitrogens with zero attached hydrogens (tertiary/aromatic N) is 1. The van der Waals surface area contributed by atoms with Crippen molar-refractivity contribution in [1.82, 2.24) is 0 Å². The number of carbonyl (C=O) groups excluding carboxylic acids is 2. The van der Waals surface area contributed by atoms with Gasteiger partial charge in [-0.05, 0) is 18.2 Å². The molecule has 1 heterocycles. The molecule has 7 nitrogen and oxygen atoms in total. The Morgan fingerprint density at radius 1 is 1.21 bits per heavy atom. The lowest BCUT2D eigenvalue weighted by Gasteiger charge is -2.10. The maximum atomic E-state index is 11.8. The van der Waals surface area contributed by atoms with Crippen molar-refractivity contribution in [2.24, 2.45) is 0 Å². The van der Waals surface area contributed by atoms with E-state index in [0.29, 0.717) is 16.4 Å². The van der Waals surface area contributed by atoms with Gasteiger partial charge in [0, 0.05) is 11.1 Å². The molecule has 0 atom stereocenters. The molecular weight excluding hydrogens is 403 g/mol. The summed E-state index contributed by atoms with van der Waals surface area (Å²) < 4.78 is 4.78. The highest BCUT2D eigenvalue weighted by molar-refractivity contribution is 7.17. The first kappa shape index (κ1) is 18.5. The molecule has 0 spiro atoms. The fourth-order valence-electron chi connectivity index (χ4n) is 1.57. The monoisotopic (exact) mass is 408 g/mol. The number of hydrogen-bond donors (Lipinski definition) is 1. The number of nitro groups is 1. The molecule has 0 fully saturated rings. The van der Waals surface area contributed by atoms with E-state index in [1.807, 2.05) is 0 Å². The van der Waals surface area contributed by atoms with E-state index in [0.717, 1.165) is 0 Å². The van der Waals surface area contributed by atoms with Gasteiger partial charge in [-0.15, -0.1) is 0 Å². The van der Waals surface area contributed by atoms with E-state index < -0.39 is 23.4 Å². The smallest absolute Gasteiger partial charge is 0.349 e. The first-order chi connectivity index (χ1) is 11.3. The number of hydrogen-bond acceptors (Lipinski definition) is 6. The molecule has 1 amide bonds. The Morgan fingerprint density at radius 2 is 1.83 bits per heavy atom. The molecule has 0 aliphatic heterocycles. The Balaban J connectivity index is 1.95. The van der Waals surface area contributed by atoms with Gasteiger partial charge in [0.1, 0.15) is 4.88 Å². The summed E-state index contributed by atoms with van der Waals surface area (Å²) in [7, 11) is 0. The van der Waals surface area contributed by atoms with Crippen molar-refractivity contribution in [1.29, 1.82) is 0 Å². The Morgan fingerprint density at radius 3 is 2.38 bits per heavy atom. The van der Waals surface area contributed by atoms with Crippen molar-refractivity contribution in [3.8, 4) is 0 Å². The number of anilines is 1. The zero-order chi connectivity index (χ0) is 17.9. The van der Waals surface area contributed by atoms with Crippen LogP contribution in [0.15, 0.2) is 24.3 Å². The van der Waals surface area contributed by atoms with Crippen LogP contribution in [0.25, 0.3) is 0 Å². The number of amides is 1. The van der Waals surface area contributed by atoms with E-state index >= 15 is 0 Å². The third-order valence-electron chi connectivity index (χ3n) is 2.58. The highest BCUT2D eigenvalue weighted by atomic mass is 35.5. The van der Waals surface area contributed by atoms with Gasteiger partial charge >= 0.3 is 11.0 Å². The topological polar surface area (TPSA) is 98.5 Å². The van der Waals surface area contributed by atoms with Gasteiger partial charge in [0.25, 0.3) is 5.91 Å². The predicted octanol–water partition coefficient (Wildman–Crippen LogP) is 4.41. The Labute approximate surface area is 154 Å². The van der Waals surface area contributed by atoms with Crippen LogP contribution in [0, 0.1) is 10.1 Å². The summed E-state index contributed by atoms with van der Waals surface area (Å²) >= 11 is 18.2. The molecule has 0 radical (unpaired) electrons. The van der Waals surface area contributed by atoms with Crippen molar-refractivity contribution in [2.75, 3.05) is 11.9 Å². The van der Waals surface area contributed by atoms with E-state index in [-0.39, 0.29) is 25.6 Å². The van der Waals surface area contributed by atoms with Gasteiger partial charge in [-0.25, -0.2) is 4.79 Å². The van der Waals surface area contributed by atoms with Crippen molar-refractivity contribution < 1.29 is 19.2 Å². The van der Waals surface area contributed by atoms with Crippen molar-refractivity contribution in [2.45, 2.75) is 0 Å². The molecule has 126 valence electrons. The fraction of sp³-hybridized carbons (Fsp3) is 0.0769. The normalized spacial score (nSPS) is 10.3.